The molecule has 1 heterocycles. The van der Waals surface area contributed by atoms with Crippen LogP contribution in [0.1, 0.15) is 20.3 Å². The molecule has 1 N–H and O–H groups in total. The first-order valence-electron chi connectivity index (χ1n) is 6.18. The lowest BCUT2D eigenvalue weighted by Crippen LogP contribution is -2.09. The number of halogens is 1. The zero-order valence-electron chi connectivity index (χ0n) is 10.9. The molecule has 1 unspecified atom stereocenters. The minimum Gasteiger partial charge on any atom is -0.491 e. The van der Waals surface area contributed by atoms with E-state index in [0.717, 1.165) is 28.3 Å². The monoisotopic (exact) mass is 321 g/mol. The number of hydrogen-bond donors (Lipinski definition) is 1. The predicted molar refractivity (Wildman–Crippen MR) is 79.8 cm³/mol. The van der Waals surface area contributed by atoms with Crippen LogP contribution in [0, 0.1) is 0 Å². The Balaban J connectivity index is 2.10. The fourth-order valence-electron chi connectivity index (χ4n) is 1.51. The van der Waals surface area contributed by atoms with Crippen LogP contribution in [-0.2, 0) is 0 Å². The molecule has 100 valence electrons. The average Bonchev–Trinajstić information content (AvgIpc) is 2.39. The number of nitrogens with one attached hydrogen (secondary N) is 1. The molecule has 1 atom stereocenters. The summed E-state index contributed by atoms with van der Waals surface area (Å²) in [6, 6.07) is 9.66. The molecule has 0 radical (unpaired) electrons. The summed E-state index contributed by atoms with van der Waals surface area (Å²) >= 11 is 3.32. The van der Waals surface area contributed by atoms with Crippen molar-refractivity contribution in [2.24, 2.45) is 0 Å². The van der Waals surface area contributed by atoms with Gasteiger partial charge in [0.1, 0.15) is 22.5 Å². The highest BCUT2D eigenvalue weighted by Gasteiger charge is 2.03. The fourth-order valence-corrected chi connectivity index (χ4v) is 1.82. The number of rotatable bonds is 5. The second-order valence-corrected chi connectivity index (χ2v) is 5.03. The fraction of sp³-hybridized carbons (Fsp3) is 0.286. The van der Waals surface area contributed by atoms with Gasteiger partial charge >= 0.3 is 0 Å². The molecule has 2 aromatic rings. The topological polar surface area (TPSA) is 47.0 Å². The minimum atomic E-state index is 0.212. The van der Waals surface area contributed by atoms with Crippen LogP contribution in [0.4, 0.5) is 11.5 Å². The average molecular weight is 322 g/mol. The SMILES string of the molecule is CCC(C)Oc1cccc(Nc2cc(Br)ncn2)c1. The van der Waals surface area contributed by atoms with Gasteiger partial charge in [-0.05, 0) is 41.4 Å². The summed E-state index contributed by atoms with van der Waals surface area (Å²) in [5, 5.41) is 3.22. The van der Waals surface area contributed by atoms with E-state index < -0.39 is 0 Å². The van der Waals surface area contributed by atoms with Crippen LogP contribution >= 0.6 is 15.9 Å². The van der Waals surface area contributed by atoms with E-state index in [1.807, 2.05) is 30.3 Å². The molecule has 0 bridgehead atoms. The number of hydrogen-bond acceptors (Lipinski definition) is 4. The van der Waals surface area contributed by atoms with Crippen molar-refractivity contribution < 1.29 is 4.74 Å². The van der Waals surface area contributed by atoms with Gasteiger partial charge in [-0.15, -0.1) is 0 Å². The first kappa shape index (κ1) is 13.8. The molecular formula is C14H16BrN3O. The Morgan fingerprint density at radius 3 is 2.89 bits per heavy atom. The Kier molecular flexibility index (Phi) is 4.74. The summed E-state index contributed by atoms with van der Waals surface area (Å²) < 4.78 is 6.53. The molecule has 2 rings (SSSR count). The van der Waals surface area contributed by atoms with E-state index in [-0.39, 0.29) is 6.10 Å². The van der Waals surface area contributed by atoms with Crippen molar-refractivity contribution in [2.45, 2.75) is 26.4 Å². The van der Waals surface area contributed by atoms with Gasteiger partial charge in [-0.2, -0.15) is 0 Å². The maximum Gasteiger partial charge on any atom is 0.134 e. The minimum absolute atomic E-state index is 0.212. The van der Waals surface area contributed by atoms with Crippen LogP contribution in [0.3, 0.4) is 0 Å². The molecule has 0 saturated carbocycles. The van der Waals surface area contributed by atoms with Crippen LogP contribution in [-0.4, -0.2) is 16.1 Å². The highest BCUT2D eigenvalue weighted by molar-refractivity contribution is 9.10. The Labute approximate surface area is 121 Å². The molecule has 5 heteroatoms. The van der Waals surface area contributed by atoms with Gasteiger partial charge in [-0.3, -0.25) is 0 Å². The Morgan fingerprint density at radius 2 is 2.16 bits per heavy atom. The zero-order valence-corrected chi connectivity index (χ0v) is 12.5. The molecule has 1 aromatic carbocycles. The Morgan fingerprint density at radius 1 is 1.32 bits per heavy atom. The van der Waals surface area contributed by atoms with E-state index in [0.29, 0.717) is 0 Å². The van der Waals surface area contributed by atoms with Gasteiger partial charge in [-0.1, -0.05) is 13.0 Å². The summed E-state index contributed by atoms with van der Waals surface area (Å²) in [5.74, 6) is 1.59. The number of nitrogens with zero attached hydrogens (tertiary/aromatic N) is 2. The maximum absolute atomic E-state index is 5.78. The van der Waals surface area contributed by atoms with E-state index >= 15 is 0 Å². The van der Waals surface area contributed by atoms with Crippen LogP contribution in [0.15, 0.2) is 41.3 Å². The largest absolute Gasteiger partial charge is 0.491 e. The van der Waals surface area contributed by atoms with E-state index in [1.165, 1.54) is 6.33 Å². The van der Waals surface area contributed by atoms with Crippen LogP contribution in [0.5, 0.6) is 5.75 Å². The lowest BCUT2D eigenvalue weighted by molar-refractivity contribution is 0.217. The van der Waals surface area contributed by atoms with Crippen molar-refractivity contribution in [1.82, 2.24) is 9.97 Å². The molecule has 1 aromatic heterocycles. The molecule has 19 heavy (non-hydrogen) atoms. The third-order valence-corrected chi connectivity index (χ3v) is 3.09. The second-order valence-electron chi connectivity index (χ2n) is 4.22. The number of anilines is 2. The van der Waals surface area contributed by atoms with Gasteiger partial charge in [0.15, 0.2) is 0 Å². The van der Waals surface area contributed by atoms with Crippen LogP contribution in [0.2, 0.25) is 0 Å². The van der Waals surface area contributed by atoms with Gasteiger partial charge in [-0.25, -0.2) is 9.97 Å². The summed E-state index contributed by atoms with van der Waals surface area (Å²) in [7, 11) is 0. The van der Waals surface area contributed by atoms with Gasteiger partial charge in [0.05, 0.1) is 6.10 Å². The van der Waals surface area contributed by atoms with Crippen LogP contribution < -0.4 is 10.1 Å². The molecule has 0 aliphatic rings. The van der Waals surface area contributed by atoms with E-state index in [4.69, 9.17) is 4.74 Å². The first-order chi connectivity index (χ1) is 9.17. The van der Waals surface area contributed by atoms with Gasteiger partial charge < -0.3 is 10.1 Å². The molecule has 0 spiro atoms. The number of benzene rings is 1. The Hall–Kier alpha value is -1.62. The maximum atomic E-state index is 5.78. The second kappa shape index (κ2) is 6.52. The lowest BCUT2D eigenvalue weighted by atomic mass is 10.2. The van der Waals surface area contributed by atoms with E-state index in [1.54, 1.807) is 0 Å². The molecule has 0 aliphatic carbocycles. The molecule has 0 amide bonds. The van der Waals surface area contributed by atoms with Crippen molar-refractivity contribution in [3.63, 3.8) is 0 Å². The summed E-state index contributed by atoms with van der Waals surface area (Å²) in [6.07, 6.45) is 2.70. The predicted octanol–water partition coefficient (Wildman–Crippen LogP) is 4.16. The third-order valence-electron chi connectivity index (χ3n) is 2.65. The lowest BCUT2D eigenvalue weighted by Gasteiger charge is -2.13. The normalized spacial score (nSPS) is 11.9. The molecule has 4 nitrogen and oxygen atoms in total. The summed E-state index contributed by atoms with van der Waals surface area (Å²) in [5.41, 5.74) is 0.936. The standard InChI is InChI=1S/C14H16BrN3O/c1-3-10(2)19-12-6-4-5-11(7-12)18-14-8-13(15)16-9-17-14/h4-10H,3H2,1-2H3,(H,16,17,18). The smallest absolute Gasteiger partial charge is 0.134 e. The molecule has 0 fully saturated rings. The molecule has 0 saturated heterocycles. The van der Waals surface area contributed by atoms with E-state index in [2.05, 4.69) is 45.1 Å². The quantitative estimate of drug-likeness (QED) is 0.840. The van der Waals surface area contributed by atoms with Crippen molar-refractivity contribution in [1.29, 1.82) is 0 Å². The van der Waals surface area contributed by atoms with Crippen molar-refractivity contribution in [3.8, 4) is 5.75 Å². The van der Waals surface area contributed by atoms with E-state index in [9.17, 15) is 0 Å². The number of aromatic nitrogens is 2. The molecule has 0 aliphatic heterocycles. The highest BCUT2D eigenvalue weighted by atomic mass is 79.9. The van der Waals surface area contributed by atoms with Gasteiger partial charge in [0.2, 0.25) is 0 Å². The van der Waals surface area contributed by atoms with Gasteiger partial charge in [0, 0.05) is 17.8 Å². The first-order valence-corrected chi connectivity index (χ1v) is 6.98. The Bertz CT molecular complexity index is 548. The number of ether oxygens (including phenoxy) is 1. The molecular weight excluding hydrogens is 306 g/mol. The zero-order chi connectivity index (χ0) is 13.7. The van der Waals surface area contributed by atoms with Crippen molar-refractivity contribution >= 4 is 27.4 Å². The van der Waals surface area contributed by atoms with Crippen molar-refractivity contribution in [3.05, 3.63) is 41.3 Å². The summed E-state index contributed by atoms with van der Waals surface area (Å²) in [6.45, 7) is 4.16. The van der Waals surface area contributed by atoms with Crippen LogP contribution in [0.25, 0.3) is 0 Å². The van der Waals surface area contributed by atoms with Gasteiger partial charge in [0.25, 0.3) is 0 Å². The highest BCUT2D eigenvalue weighted by Crippen LogP contribution is 2.22. The third kappa shape index (κ3) is 4.21. The summed E-state index contributed by atoms with van der Waals surface area (Å²) in [4.78, 5) is 8.14. The van der Waals surface area contributed by atoms with Crippen molar-refractivity contribution in [2.75, 3.05) is 5.32 Å².